The van der Waals surface area contributed by atoms with Crippen LogP contribution in [0.3, 0.4) is 0 Å². The molecular weight excluding hydrogens is 387 g/mol. The molecule has 2 amide bonds. The number of nitrogens with one attached hydrogen (secondary N) is 1. The third kappa shape index (κ3) is 6.43. The van der Waals surface area contributed by atoms with E-state index in [9.17, 15) is 14.7 Å². The molecule has 2 rings (SSSR count). The van der Waals surface area contributed by atoms with Gasteiger partial charge in [0.15, 0.2) is 5.76 Å². The van der Waals surface area contributed by atoms with Gasteiger partial charge < -0.3 is 15.3 Å². The average molecular weight is 415 g/mol. The van der Waals surface area contributed by atoms with E-state index in [0.29, 0.717) is 16.6 Å². The average Bonchev–Trinajstić information content (AvgIpc) is 2.94. The van der Waals surface area contributed by atoms with E-state index in [4.69, 9.17) is 23.2 Å². The van der Waals surface area contributed by atoms with E-state index in [-0.39, 0.29) is 24.1 Å². The van der Waals surface area contributed by atoms with Gasteiger partial charge in [-0.3, -0.25) is 9.59 Å². The van der Waals surface area contributed by atoms with Gasteiger partial charge in [-0.25, -0.2) is 0 Å². The molecule has 0 radical (unpaired) electrons. The topological polar surface area (TPSA) is 69.6 Å². The van der Waals surface area contributed by atoms with Crippen molar-refractivity contribution in [3.05, 3.63) is 45.1 Å². The lowest BCUT2D eigenvalue weighted by molar-refractivity contribution is -0.127. The van der Waals surface area contributed by atoms with E-state index >= 15 is 0 Å². The lowest BCUT2D eigenvalue weighted by Crippen LogP contribution is -2.35. The van der Waals surface area contributed by atoms with Crippen LogP contribution >= 0.6 is 23.2 Å². The van der Waals surface area contributed by atoms with Crippen molar-refractivity contribution in [1.82, 2.24) is 10.2 Å². The summed E-state index contributed by atoms with van der Waals surface area (Å²) in [7, 11) is 0. The fraction of sp³-hybridized carbons (Fsp3) is 0.500. The third-order valence-electron chi connectivity index (χ3n) is 4.24. The first-order valence-corrected chi connectivity index (χ1v) is 10.0. The molecule has 0 bridgehead atoms. The molecule has 1 aliphatic heterocycles. The number of rotatable bonds is 7. The number of nitrogens with zero attached hydrogens (tertiary/aromatic N) is 1. The lowest BCUT2D eigenvalue weighted by atomic mass is 10.1. The number of hydrogen-bond donors (Lipinski definition) is 2. The summed E-state index contributed by atoms with van der Waals surface area (Å²) < 4.78 is 0. The number of likely N-dealkylation sites (N-methyl/N-ethyl adjacent to an activating group) is 1. The number of hydrogen-bond acceptors (Lipinski definition) is 3. The van der Waals surface area contributed by atoms with Gasteiger partial charge >= 0.3 is 0 Å². The quantitative estimate of drug-likeness (QED) is 0.688. The van der Waals surface area contributed by atoms with Crippen LogP contribution in [-0.4, -0.2) is 41.0 Å². The first-order valence-electron chi connectivity index (χ1n) is 9.29. The lowest BCUT2D eigenvalue weighted by Gasteiger charge is -2.15. The Morgan fingerprint density at radius 3 is 2.52 bits per heavy atom. The second kappa shape index (κ2) is 11.2. The van der Waals surface area contributed by atoms with E-state index < -0.39 is 11.7 Å². The first kappa shape index (κ1) is 23.3. The Kier molecular flexibility index (Phi) is 9.67. The van der Waals surface area contributed by atoms with E-state index in [1.807, 2.05) is 32.9 Å². The molecule has 0 aliphatic carbocycles. The molecular formula is C20H28Cl2N2O3. The Bertz CT molecular complexity index is 704. The monoisotopic (exact) mass is 414 g/mol. The number of benzene rings is 1. The Labute approximate surface area is 171 Å². The van der Waals surface area contributed by atoms with Gasteiger partial charge in [0.05, 0.1) is 22.2 Å². The minimum Gasteiger partial charge on any atom is -0.503 e. The van der Waals surface area contributed by atoms with E-state index in [2.05, 4.69) is 5.32 Å². The molecule has 1 aliphatic rings. The van der Waals surface area contributed by atoms with Crippen LogP contribution in [0.5, 0.6) is 0 Å². The number of amides is 2. The van der Waals surface area contributed by atoms with Crippen LogP contribution in [0.25, 0.3) is 0 Å². The van der Waals surface area contributed by atoms with Gasteiger partial charge in [-0.1, -0.05) is 43.1 Å². The molecule has 0 saturated heterocycles. The molecule has 1 unspecified atom stereocenters. The number of carbonyl (C=O) groups is 2. The Morgan fingerprint density at radius 1 is 1.30 bits per heavy atom. The Balaban J connectivity index is 0.00000176. The summed E-state index contributed by atoms with van der Waals surface area (Å²) in [5.74, 6) is -1.31. The highest BCUT2D eigenvalue weighted by Gasteiger charge is 2.33. The van der Waals surface area contributed by atoms with Gasteiger partial charge in [0.1, 0.15) is 0 Å². The Hall–Kier alpha value is -1.72. The van der Waals surface area contributed by atoms with Crippen molar-refractivity contribution in [2.45, 2.75) is 53.0 Å². The number of aliphatic hydroxyl groups excluding tert-OH is 1. The molecule has 1 heterocycles. The highest BCUT2D eigenvalue weighted by atomic mass is 35.5. The fourth-order valence-electron chi connectivity index (χ4n) is 2.74. The second-order valence-corrected chi connectivity index (χ2v) is 6.98. The zero-order valence-corrected chi connectivity index (χ0v) is 17.8. The maximum absolute atomic E-state index is 12.2. The normalized spacial score (nSPS) is 14.7. The molecule has 1 aromatic rings. The van der Waals surface area contributed by atoms with Crippen LogP contribution in [0.4, 0.5) is 0 Å². The molecule has 0 saturated carbocycles. The van der Waals surface area contributed by atoms with Crippen molar-refractivity contribution in [3.8, 4) is 0 Å². The Morgan fingerprint density at radius 2 is 1.96 bits per heavy atom. The van der Waals surface area contributed by atoms with E-state index in [1.54, 1.807) is 13.0 Å². The molecule has 0 aromatic heterocycles. The molecule has 27 heavy (non-hydrogen) atoms. The largest absolute Gasteiger partial charge is 0.503 e. The molecule has 0 spiro atoms. The molecule has 150 valence electrons. The van der Waals surface area contributed by atoms with Crippen LogP contribution in [0.1, 0.15) is 46.1 Å². The van der Waals surface area contributed by atoms with Gasteiger partial charge in [-0.15, -0.1) is 0 Å². The van der Waals surface area contributed by atoms with Crippen molar-refractivity contribution < 1.29 is 14.7 Å². The summed E-state index contributed by atoms with van der Waals surface area (Å²) in [4.78, 5) is 25.4. The van der Waals surface area contributed by atoms with Gasteiger partial charge in [0, 0.05) is 12.6 Å². The summed E-state index contributed by atoms with van der Waals surface area (Å²) in [6.45, 7) is 8.32. The standard InChI is InChI=1S/C18H22Cl2N2O3.C2H6/c1-3-22-10-13(16(23)18(22)25)17(24)21-11(2)5-4-6-12-7-8-14(19)15(20)9-12;1-2/h7-9,11,23H,3-6,10H2,1-2H3,(H,21,24);1-2H3. The maximum atomic E-state index is 12.2. The van der Waals surface area contributed by atoms with Crippen molar-refractivity contribution in [3.63, 3.8) is 0 Å². The number of aryl methyl sites for hydroxylation is 1. The highest BCUT2D eigenvalue weighted by molar-refractivity contribution is 6.42. The molecule has 1 aromatic carbocycles. The summed E-state index contributed by atoms with van der Waals surface area (Å²) in [6, 6.07) is 5.49. The third-order valence-corrected chi connectivity index (χ3v) is 4.98. The molecule has 5 nitrogen and oxygen atoms in total. The SMILES string of the molecule is CC.CCN1CC(C(=O)NC(C)CCCc2ccc(Cl)c(Cl)c2)=C(O)C1=O. The molecule has 2 N–H and O–H groups in total. The zero-order valence-electron chi connectivity index (χ0n) is 16.3. The zero-order chi connectivity index (χ0) is 20.6. The van der Waals surface area contributed by atoms with E-state index in [1.165, 1.54) is 4.90 Å². The summed E-state index contributed by atoms with van der Waals surface area (Å²) in [5, 5.41) is 13.7. The van der Waals surface area contributed by atoms with Gasteiger partial charge in [-0.2, -0.15) is 0 Å². The number of aliphatic hydroxyl groups is 1. The van der Waals surface area contributed by atoms with E-state index in [0.717, 1.165) is 24.8 Å². The molecule has 7 heteroatoms. The maximum Gasteiger partial charge on any atom is 0.289 e. The van der Waals surface area contributed by atoms with Crippen LogP contribution in [-0.2, 0) is 16.0 Å². The summed E-state index contributed by atoms with van der Waals surface area (Å²) in [6.07, 6.45) is 2.46. The summed E-state index contributed by atoms with van der Waals surface area (Å²) >= 11 is 11.9. The minimum absolute atomic E-state index is 0.0682. The van der Waals surface area contributed by atoms with Crippen molar-refractivity contribution >= 4 is 35.0 Å². The van der Waals surface area contributed by atoms with Crippen molar-refractivity contribution in [2.75, 3.05) is 13.1 Å². The first-order chi connectivity index (χ1) is 12.8. The smallest absolute Gasteiger partial charge is 0.289 e. The van der Waals surface area contributed by atoms with Crippen LogP contribution < -0.4 is 5.32 Å². The van der Waals surface area contributed by atoms with Crippen LogP contribution in [0, 0.1) is 0 Å². The predicted octanol–water partition coefficient (Wildman–Crippen LogP) is 4.52. The van der Waals surface area contributed by atoms with Crippen LogP contribution in [0.2, 0.25) is 10.0 Å². The fourth-order valence-corrected chi connectivity index (χ4v) is 3.06. The van der Waals surface area contributed by atoms with Crippen molar-refractivity contribution in [2.24, 2.45) is 0 Å². The van der Waals surface area contributed by atoms with Crippen molar-refractivity contribution in [1.29, 1.82) is 0 Å². The minimum atomic E-state index is -0.486. The predicted molar refractivity (Wildman–Crippen MR) is 110 cm³/mol. The second-order valence-electron chi connectivity index (χ2n) is 6.16. The van der Waals surface area contributed by atoms with Crippen LogP contribution in [0.15, 0.2) is 29.5 Å². The van der Waals surface area contributed by atoms with Gasteiger partial charge in [0.2, 0.25) is 0 Å². The highest BCUT2D eigenvalue weighted by Crippen LogP contribution is 2.23. The molecule has 0 fully saturated rings. The summed E-state index contributed by atoms with van der Waals surface area (Å²) in [5.41, 5.74) is 1.23. The molecule has 1 atom stereocenters. The van der Waals surface area contributed by atoms with Gasteiger partial charge in [0.25, 0.3) is 11.8 Å². The number of halogens is 2. The van der Waals surface area contributed by atoms with Gasteiger partial charge in [-0.05, 0) is 50.8 Å². The number of carbonyl (C=O) groups excluding carboxylic acids is 2.